The molecule has 2 fully saturated rings. The second-order valence-electron chi connectivity index (χ2n) is 5.88. The van der Waals surface area contributed by atoms with E-state index in [9.17, 15) is 13.2 Å². The fourth-order valence-corrected chi connectivity index (χ4v) is 5.75. The Morgan fingerprint density at radius 1 is 1.04 bits per heavy atom. The van der Waals surface area contributed by atoms with E-state index in [1.807, 2.05) is 0 Å². The molecule has 3 rings (SSSR count). The molecule has 23 heavy (non-hydrogen) atoms. The normalized spacial score (nSPS) is 21.1. The molecule has 1 aromatic rings. The number of rotatable bonds is 3. The molecule has 0 radical (unpaired) electrons. The lowest BCUT2D eigenvalue weighted by Gasteiger charge is -2.26. The van der Waals surface area contributed by atoms with E-state index in [0.717, 1.165) is 37.0 Å². The van der Waals surface area contributed by atoms with Crippen molar-refractivity contribution in [1.29, 1.82) is 0 Å². The molecule has 1 aromatic heterocycles. The van der Waals surface area contributed by atoms with Crippen molar-refractivity contribution < 1.29 is 17.9 Å². The van der Waals surface area contributed by atoms with Crippen LogP contribution in [-0.4, -0.2) is 62.9 Å². The van der Waals surface area contributed by atoms with Gasteiger partial charge in [0.05, 0.1) is 18.8 Å². The zero-order valence-corrected chi connectivity index (χ0v) is 14.7. The lowest BCUT2D eigenvalue weighted by atomic mass is 10.2. The Balaban J connectivity index is 1.76. The summed E-state index contributed by atoms with van der Waals surface area (Å²) < 4.78 is 32.6. The summed E-state index contributed by atoms with van der Waals surface area (Å²) in [6.07, 6.45) is 3.97. The van der Waals surface area contributed by atoms with Gasteiger partial charge in [-0.1, -0.05) is 12.8 Å². The Bertz CT molecular complexity index is 642. The highest BCUT2D eigenvalue weighted by Crippen LogP contribution is 2.26. The van der Waals surface area contributed by atoms with Crippen LogP contribution in [0.2, 0.25) is 0 Å². The Morgan fingerprint density at radius 3 is 2.35 bits per heavy atom. The SMILES string of the molecule is O=C(c1csc(S(=O)(=O)N2CCCCCC2)c1)N1CCOCC1. The van der Waals surface area contributed by atoms with E-state index in [4.69, 9.17) is 4.74 Å². The van der Waals surface area contributed by atoms with Crippen molar-refractivity contribution in [3.8, 4) is 0 Å². The second-order valence-corrected chi connectivity index (χ2v) is 8.95. The first kappa shape index (κ1) is 16.9. The Hall–Kier alpha value is -0.960. The number of sulfonamides is 1. The van der Waals surface area contributed by atoms with E-state index in [2.05, 4.69) is 0 Å². The summed E-state index contributed by atoms with van der Waals surface area (Å²) in [6, 6.07) is 1.53. The molecule has 0 atom stereocenters. The number of carbonyl (C=O) groups is 1. The number of nitrogens with zero attached hydrogens (tertiary/aromatic N) is 2. The summed E-state index contributed by atoms with van der Waals surface area (Å²) in [5, 5.41) is 1.66. The molecule has 0 unspecified atom stereocenters. The average Bonchev–Trinajstić information content (AvgIpc) is 2.91. The number of hydrogen-bond donors (Lipinski definition) is 0. The average molecular weight is 358 g/mol. The maximum Gasteiger partial charge on any atom is 0.254 e. The summed E-state index contributed by atoms with van der Waals surface area (Å²) in [4.78, 5) is 14.2. The van der Waals surface area contributed by atoms with Crippen LogP contribution in [-0.2, 0) is 14.8 Å². The van der Waals surface area contributed by atoms with Crippen molar-refractivity contribution in [2.24, 2.45) is 0 Å². The van der Waals surface area contributed by atoms with Gasteiger partial charge in [0.25, 0.3) is 15.9 Å². The first-order chi connectivity index (χ1) is 11.1. The van der Waals surface area contributed by atoms with Gasteiger partial charge in [-0.2, -0.15) is 4.31 Å². The summed E-state index contributed by atoms with van der Waals surface area (Å²) >= 11 is 1.14. The monoisotopic (exact) mass is 358 g/mol. The topological polar surface area (TPSA) is 66.9 Å². The lowest BCUT2D eigenvalue weighted by molar-refractivity contribution is 0.0303. The summed E-state index contributed by atoms with van der Waals surface area (Å²) in [7, 11) is -3.47. The molecule has 0 saturated carbocycles. The quantitative estimate of drug-likeness (QED) is 0.826. The van der Waals surface area contributed by atoms with Gasteiger partial charge in [-0.25, -0.2) is 8.42 Å². The molecule has 2 saturated heterocycles. The smallest absolute Gasteiger partial charge is 0.254 e. The minimum atomic E-state index is -3.47. The molecule has 2 aliphatic rings. The second kappa shape index (κ2) is 7.29. The maximum atomic E-state index is 12.7. The van der Waals surface area contributed by atoms with E-state index in [1.54, 1.807) is 14.6 Å². The van der Waals surface area contributed by atoms with Gasteiger partial charge in [-0.05, 0) is 18.9 Å². The number of morpholine rings is 1. The first-order valence-corrected chi connectivity index (χ1v) is 10.4. The van der Waals surface area contributed by atoms with Crippen molar-refractivity contribution in [3.05, 3.63) is 17.0 Å². The van der Waals surface area contributed by atoms with Crippen LogP contribution in [0.4, 0.5) is 0 Å². The molecule has 0 N–H and O–H groups in total. The van der Waals surface area contributed by atoms with Gasteiger partial charge in [0.2, 0.25) is 0 Å². The van der Waals surface area contributed by atoms with E-state index >= 15 is 0 Å². The Kier molecular flexibility index (Phi) is 5.35. The number of hydrogen-bond acceptors (Lipinski definition) is 5. The van der Waals surface area contributed by atoms with Crippen molar-refractivity contribution in [2.45, 2.75) is 29.9 Å². The van der Waals surface area contributed by atoms with E-state index < -0.39 is 10.0 Å². The third kappa shape index (κ3) is 3.76. The van der Waals surface area contributed by atoms with Crippen molar-refractivity contribution in [3.63, 3.8) is 0 Å². The molecule has 3 heterocycles. The van der Waals surface area contributed by atoms with E-state index in [0.29, 0.717) is 45.0 Å². The first-order valence-electron chi connectivity index (χ1n) is 8.05. The standard InChI is InChI=1S/C15H22N2O4S2/c18-15(16-7-9-21-10-8-16)13-11-14(22-12-13)23(19,20)17-5-3-1-2-4-6-17/h11-12H,1-10H2. The molecule has 0 aliphatic carbocycles. The fourth-order valence-electron chi connectivity index (χ4n) is 2.92. The van der Waals surface area contributed by atoms with Crippen LogP contribution in [0, 0.1) is 0 Å². The summed E-state index contributed by atoms with van der Waals surface area (Å²) in [5.41, 5.74) is 0.463. The van der Waals surface area contributed by atoms with Gasteiger partial charge in [0.15, 0.2) is 0 Å². The van der Waals surface area contributed by atoms with Crippen LogP contribution in [0.25, 0.3) is 0 Å². The number of carbonyl (C=O) groups excluding carboxylic acids is 1. The molecule has 0 aromatic carbocycles. The molecule has 0 spiro atoms. The zero-order valence-electron chi connectivity index (χ0n) is 13.1. The van der Waals surface area contributed by atoms with E-state index in [1.165, 1.54) is 6.07 Å². The highest BCUT2D eigenvalue weighted by Gasteiger charge is 2.28. The third-order valence-corrected chi connectivity index (χ3v) is 7.59. The maximum absolute atomic E-state index is 12.7. The summed E-state index contributed by atoms with van der Waals surface area (Å²) in [5.74, 6) is -0.109. The van der Waals surface area contributed by atoms with Crippen LogP contribution in [0.3, 0.4) is 0 Å². The molecular weight excluding hydrogens is 336 g/mol. The third-order valence-electron chi connectivity index (χ3n) is 4.28. The van der Waals surface area contributed by atoms with Crippen molar-refractivity contribution in [1.82, 2.24) is 9.21 Å². The minimum Gasteiger partial charge on any atom is -0.378 e. The van der Waals surface area contributed by atoms with Crippen LogP contribution < -0.4 is 0 Å². The fraction of sp³-hybridized carbons (Fsp3) is 0.667. The molecule has 0 bridgehead atoms. The van der Waals surface area contributed by atoms with Crippen LogP contribution in [0.1, 0.15) is 36.0 Å². The molecule has 1 amide bonds. The van der Waals surface area contributed by atoms with Gasteiger partial charge in [-0.15, -0.1) is 11.3 Å². The highest BCUT2D eigenvalue weighted by molar-refractivity contribution is 7.91. The van der Waals surface area contributed by atoms with Crippen LogP contribution >= 0.6 is 11.3 Å². The predicted octanol–water partition coefficient (Wildman–Crippen LogP) is 1.79. The summed E-state index contributed by atoms with van der Waals surface area (Å²) in [6.45, 7) is 3.34. The largest absolute Gasteiger partial charge is 0.378 e. The van der Waals surface area contributed by atoms with Crippen molar-refractivity contribution >= 4 is 27.3 Å². The number of thiophene rings is 1. The van der Waals surface area contributed by atoms with Gasteiger partial charge in [0, 0.05) is 31.6 Å². The van der Waals surface area contributed by atoms with Crippen molar-refractivity contribution in [2.75, 3.05) is 39.4 Å². The van der Waals surface area contributed by atoms with Gasteiger partial charge in [0.1, 0.15) is 4.21 Å². The molecular formula is C15H22N2O4S2. The number of amides is 1. The minimum absolute atomic E-state index is 0.109. The van der Waals surface area contributed by atoms with Gasteiger partial charge < -0.3 is 9.64 Å². The van der Waals surface area contributed by atoms with Gasteiger partial charge in [-0.3, -0.25) is 4.79 Å². The predicted molar refractivity (Wildman–Crippen MR) is 88.3 cm³/mol. The zero-order chi connectivity index (χ0) is 16.3. The highest BCUT2D eigenvalue weighted by atomic mass is 32.2. The molecule has 128 valence electrons. The van der Waals surface area contributed by atoms with Crippen LogP contribution in [0.15, 0.2) is 15.7 Å². The Morgan fingerprint density at radius 2 is 1.70 bits per heavy atom. The Labute approximate surface area is 141 Å². The van der Waals surface area contributed by atoms with Gasteiger partial charge >= 0.3 is 0 Å². The number of ether oxygens (including phenoxy) is 1. The lowest BCUT2D eigenvalue weighted by Crippen LogP contribution is -2.40. The molecule has 6 nitrogen and oxygen atoms in total. The van der Waals surface area contributed by atoms with Crippen LogP contribution in [0.5, 0.6) is 0 Å². The molecule has 2 aliphatic heterocycles. The van der Waals surface area contributed by atoms with E-state index in [-0.39, 0.29) is 10.1 Å². The molecule has 8 heteroatoms.